The van der Waals surface area contributed by atoms with E-state index < -0.39 is 0 Å². The summed E-state index contributed by atoms with van der Waals surface area (Å²) in [5.74, 6) is -0.237. The minimum Gasteiger partial charge on any atom is -0.334 e. The lowest BCUT2D eigenvalue weighted by Gasteiger charge is -2.37. The molecule has 6 heteroatoms. The Hall–Kier alpha value is -2.99. The highest BCUT2D eigenvalue weighted by Gasteiger charge is 2.32. The third kappa shape index (κ3) is 4.22. The van der Waals surface area contributed by atoms with Crippen molar-refractivity contribution in [3.8, 4) is 5.69 Å². The first-order valence-corrected chi connectivity index (χ1v) is 10.0. The number of aromatic nitrogens is 2. The summed E-state index contributed by atoms with van der Waals surface area (Å²) in [4.78, 5) is 14.8. The summed E-state index contributed by atoms with van der Waals surface area (Å²) in [5.41, 5.74) is 2.57. The SMILES string of the molecule is CC(c1ccccc1F)N1CCCC(NCc2cnn(-c3ccccc3)c2)C1=O. The van der Waals surface area contributed by atoms with Gasteiger partial charge in [-0.3, -0.25) is 4.79 Å². The second kappa shape index (κ2) is 8.57. The Bertz CT molecular complexity index is 972. The van der Waals surface area contributed by atoms with Crippen molar-refractivity contribution in [2.24, 2.45) is 0 Å². The fourth-order valence-corrected chi connectivity index (χ4v) is 3.87. The van der Waals surface area contributed by atoms with E-state index in [9.17, 15) is 9.18 Å². The summed E-state index contributed by atoms with van der Waals surface area (Å²) in [7, 11) is 0. The van der Waals surface area contributed by atoms with Gasteiger partial charge in [-0.2, -0.15) is 5.10 Å². The molecule has 2 heterocycles. The van der Waals surface area contributed by atoms with Gasteiger partial charge in [0, 0.05) is 30.4 Å². The molecule has 29 heavy (non-hydrogen) atoms. The molecule has 1 amide bonds. The zero-order chi connectivity index (χ0) is 20.2. The van der Waals surface area contributed by atoms with Crippen molar-refractivity contribution in [1.29, 1.82) is 0 Å². The van der Waals surface area contributed by atoms with E-state index in [0.717, 1.165) is 24.1 Å². The maximum absolute atomic E-state index is 14.2. The summed E-state index contributed by atoms with van der Waals surface area (Å²) in [6, 6.07) is 16.0. The molecule has 1 saturated heterocycles. The van der Waals surface area contributed by atoms with Crippen molar-refractivity contribution in [3.63, 3.8) is 0 Å². The van der Waals surface area contributed by atoms with Crippen LogP contribution in [0.2, 0.25) is 0 Å². The first-order valence-electron chi connectivity index (χ1n) is 10.0. The number of piperidine rings is 1. The molecule has 0 aliphatic carbocycles. The Morgan fingerprint density at radius 1 is 1.17 bits per heavy atom. The van der Waals surface area contributed by atoms with Gasteiger partial charge >= 0.3 is 0 Å². The Morgan fingerprint density at radius 3 is 2.72 bits per heavy atom. The van der Waals surface area contributed by atoms with E-state index in [1.807, 2.05) is 60.4 Å². The van der Waals surface area contributed by atoms with Crippen LogP contribution in [-0.2, 0) is 11.3 Å². The highest BCUT2D eigenvalue weighted by molar-refractivity contribution is 5.83. The maximum atomic E-state index is 14.2. The van der Waals surface area contributed by atoms with Gasteiger partial charge in [-0.25, -0.2) is 9.07 Å². The molecule has 0 saturated carbocycles. The zero-order valence-electron chi connectivity index (χ0n) is 16.5. The van der Waals surface area contributed by atoms with Crippen LogP contribution in [0.5, 0.6) is 0 Å². The zero-order valence-corrected chi connectivity index (χ0v) is 16.5. The van der Waals surface area contributed by atoms with Crippen LogP contribution in [0.4, 0.5) is 4.39 Å². The lowest BCUT2D eigenvalue weighted by Crippen LogP contribution is -2.51. The number of nitrogens with zero attached hydrogens (tertiary/aromatic N) is 3. The Balaban J connectivity index is 1.40. The lowest BCUT2D eigenvalue weighted by atomic mass is 9.99. The van der Waals surface area contributed by atoms with Gasteiger partial charge in [0.25, 0.3) is 0 Å². The fourth-order valence-electron chi connectivity index (χ4n) is 3.87. The van der Waals surface area contributed by atoms with Gasteiger partial charge in [0.2, 0.25) is 5.91 Å². The van der Waals surface area contributed by atoms with Crippen molar-refractivity contribution in [1.82, 2.24) is 20.0 Å². The van der Waals surface area contributed by atoms with E-state index in [2.05, 4.69) is 10.4 Å². The highest BCUT2D eigenvalue weighted by atomic mass is 19.1. The van der Waals surface area contributed by atoms with Gasteiger partial charge in [0.05, 0.1) is 24.0 Å². The van der Waals surface area contributed by atoms with E-state index in [-0.39, 0.29) is 23.8 Å². The molecule has 0 spiro atoms. The standard InChI is InChI=1S/C23H25FN4O/c1-17(20-10-5-6-11-21(20)24)27-13-7-12-22(23(27)29)25-14-18-15-26-28(16-18)19-8-3-2-4-9-19/h2-6,8-11,15-17,22,25H,7,12-14H2,1H3. The molecule has 1 aromatic heterocycles. The molecular weight excluding hydrogens is 367 g/mol. The number of rotatable bonds is 6. The molecule has 2 atom stereocenters. The predicted molar refractivity (Wildman–Crippen MR) is 110 cm³/mol. The van der Waals surface area contributed by atoms with E-state index in [0.29, 0.717) is 18.7 Å². The molecule has 4 rings (SSSR count). The largest absolute Gasteiger partial charge is 0.334 e. The highest BCUT2D eigenvalue weighted by Crippen LogP contribution is 2.27. The summed E-state index contributed by atoms with van der Waals surface area (Å²) in [6.07, 6.45) is 5.46. The van der Waals surface area contributed by atoms with Crippen molar-refractivity contribution in [2.45, 2.75) is 38.4 Å². The van der Waals surface area contributed by atoms with Gasteiger partial charge in [0.1, 0.15) is 5.82 Å². The van der Waals surface area contributed by atoms with E-state index >= 15 is 0 Å². The third-order valence-corrected chi connectivity index (χ3v) is 5.51. The number of para-hydroxylation sites is 1. The summed E-state index contributed by atoms with van der Waals surface area (Å²) in [6.45, 7) is 3.10. The molecule has 1 fully saturated rings. The second-order valence-electron chi connectivity index (χ2n) is 7.43. The maximum Gasteiger partial charge on any atom is 0.240 e. The van der Waals surface area contributed by atoms with Gasteiger partial charge in [-0.1, -0.05) is 36.4 Å². The topological polar surface area (TPSA) is 50.2 Å². The number of hydrogen-bond donors (Lipinski definition) is 1. The molecule has 2 aromatic carbocycles. The minimum atomic E-state index is -0.283. The van der Waals surface area contributed by atoms with Crippen LogP contribution in [0.3, 0.4) is 0 Å². The smallest absolute Gasteiger partial charge is 0.240 e. The van der Waals surface area contributed by atoms with Gasteiger partial charge in [-0.05, 0) is 38.0 Å². The quantitative estimate of drug-likeness (QED) is 0.693. The Morgan fingerprint density at radius 2 is 1.93 bits per heavy atom. The van der Waals surface area contributed by atoms with Crippen molar-refractivity contribution < 1.29 is 9.18 Å². The number of nitrogens with one attached hydrogen (secondary N) is 1. The van der Waals surface area contributed by atoms with Gasteiger partial charge in [-0.15, -0.1) is 0 Å². The number of carbonyl (C=O) groups is 1. The van der Waals surface area contributed by atoms with E-state index in [1.54, 1.807) is 17.0 Å². The average Bonchev–Trinajstić information content (AvgIpc) is 3.23. The number of hydrogen-bond acceptors (Lipinski definition) is 3. The second-order valence-corrected chi connectivity index (χ2v) is 7.43. The molecule has 0 bridgehead atoms. The number of amides is 1. The van der Waals surface area contributed by atoms with Crippen molar-refractivity contribution >= 4 is 5.91 Å². The van der Waals surface area contributed by atoms with E-state index in [4.69, 9.17) is 0 Å². The van der Waals surface area contributed by atoms with Gasteiger partial charge < -0.3 is 10.2 Å². The molecule has 0 radical (unpaired) electrons. The Labute approximate surface area is 170 Å². The van der Waals surface area contributed by atoms with Crippen molar-refractivity contribution in [3.05, 3.63) is 83.9 Å². The first kappa shape index (κ1) is 19.3. The molecule has 3 aromatic rings. The first-order chi connectivity index (χ1) is 14.1. The lowest BCUT2D eigenvalue weighted by molar-refractivity contribution is -0.138. The summed E-state index contributed by atoms with van der Waals surface area (Å²) < 4.78 is 16.0. The summed E-state index contributed by atoms with van der Waals surface area (Å²) in [5, 5.41) is 7.77. The molecule has 2 unspecified atom stereocenters. The van der Waals surface area contributed by atoms with Crippen LogP contribution in [0.1, 0.15) is 36.9 Å². The fraction of sp³-hybridized carbons (Fsp3) is 0.304. The molecule has 1 aliphatic heterocycles. The number of benzene rings is 2. The number of carbonyl (C=O) groups excluding carboxylic acids is 1. The third-order valence-electron chi connectivity index (χ3n) is 5.51. The van der Waals surface area contributed by atoms with Crippen LogP contribution < -0.4 is 5.32 Å². The molecule has 1 aliphatic rings. The number of likely N-dealkylation sites (tertiary alicyclic amines) is 1. The number of halogens is 1. The molecular formula is C23H25FN4O. The van der Waals surface area contributed by atoms with Crippen LogP contribution in [-0.4, -0.2) is 33.2 Å². The minimum absolute atomic E-state index is 0.0301. The van der Waals surface area contributed by atoms with Crippen molar-refractivity contribution in [2.75, 3.05) is 6.54 Å². The normalized spacial score (nSPS) is 18.1. The van der Waals surface area contributed by atoms with Crippen LogP contribution in [0.25, 0.3) is 5.69 Å². The molecule has 150 valence electrons. The van der Waals surface area contributed by atoms with Crippen LogP contribution >= 0.6 is 0 Å². The Kier molecular flexibility index (Phi) is 5.71. The predicted octanol–water partition coefficient (Wildman–Crippen LogP) is 3.85. The van der Waals surface area contributed by atoms with Crippen LogP contribution in [0, 0.1) is 5.82 Å². The molecule has 1 N–H and O–H groups in total. The summed E-state index contributed by atoms with van der Waals surface area (Å²) >= 11 is 0. The average molecular weight is 392 g/mol. The van der Waals surface area contributed by atoms with E-state index in [1.165, 1.54) is 6.07 Å². The van der Waals surface area contributed by atoms with Gasteiger partial charge in [0.15, 0.2) is 0 Å². The monoisotopic (exact) mass is 392 g/mol. The van der Waals surface area contributed by atoms with Crippen LogP contribution in [0.15, 0.2) is 67.0 Å². The molecule has 5 nitrogen and oxygen atoms in total.